The molecule has 0 heterocycles. The van der Waals surface area contributed by atoms with Gasteiger partial charge in [0.2, 0.25) is 0 Å². The van der Waals surface area contributed by atoms with E-state index in [1.165, 1.54) is 0 Å². The minimum absolute atomic E-state index is 0. The van der Waals surface area contributed by atoms with Gasteiger partial charge in [-0.25, -0.2) is 4.79 Å². The predicted octanol–water partition coefficient (Wildman–Crippen LogP) is -4.28. The number of rotatable bonds is 6. The summed E-state index contributed by atoms with van der Waals surface area (Å²) in [6, 6.07) is 0. The molecule has 0 amide bonds. The Morgan fingerprint density at radius 2 is 1.56 bits per heavy atom. The molecular weight excluding hydrogens is 254 g/mol. The number of hydrogen-bond donors (Lipinski definition) is 3. The average Bonchev–Trinajstić information content (AvgIpc) is 2.00. The van der Waals surface area contributed by atoms with Gasteiger partial charge in [0.05, 0.1) is 6.42 Å². The van der Waals surface area contributed by atoms with Gasteiger partial charge in [-0.3, -0.25) is 9.59 Å². The molecule has 0 aromatic heterocycles. The second kappa shape index (κ2) is 7.70. The van der Waals surface area contributed by atoms with Crippen LogP contribution in [-0.4, -0.2) is 38.9 Å². The fourth-order valence-electron chi connectivity index (χ4n) is 0.931. The van der Waals surface area contributed by atoms with E-state index in [1.807, 2.05) is 0 Å². The number of aliphatic carboxylic acids is 3. The van der Waals surface area contributed by atoms with Crippen LogP contribution in [0.25, 0.3) is 0 Å². The van der Waals surface area contributed by atoms with Crippen LogP contribution >= 0.6 is 8.03 Å². The molecule has 0 spiro atoms. The molecule has 0 saturated carbocycles. The van der Waals surface area contributed by atoms with Crippen LogP contribution in [0, 0.1) is 5.92 Å². The Morgan fingerprint density at radius 3 is 1.75 bits per heavy atom. The molecule has 3 N–H and O–H groups in total. The zero-order valence-corrected chi connectivity index (χ0v) is 11.1. The Morgan fingerprint density at radius 1 is 1.12 bits per heavy atom. The quantitative estimate of drug-likeness (QED) is 0.321. The van der Waals surface area contributed by atoms with E-state index in [-0.39, 0.29) is 29.6 Å². The first kappa shape index (κ1) is 17.9. The van der Waals surface area contributed by atoms with Gasteiger partial charge in [-0.1, -0.05) is 4.57 Å². The number of carbonyl (C=O) groups is 3. The van der Waals surface area contributed by atoms with Crippen molar-refractivity contribution >= 4 is 25.9 Å². The Bertz CT molecular complexity index is 302. The first-order chi connectivity index (χ1) is 6.77. The molecule has 0 aliphatic carbocycles. The number of carboxylic acid groups (broad SMARTS) is 3. The van der Waals surface area contributed by atoms with Gasteiger partial charge in [0.1, 0.15) is 5.92 Å². The molecule has 0 saturated heterocycles. The molecule has 0 aromatic carbocycles. The molecule has 0 rings (SSSR count). The van der Waals surface area contributed by atoms with Gasteiger partial charge in [0.25, 0.3) is 5.66 Å². The van der Waals surface area contributed by atoms with Crippen molar-refractivity contribution in [2.45, 2.75) is 12.1 Å². The third-order valence-electron chi connectivity index (χ3n) is 1.57. The van der Waals surface area contributed by atoms with E-state index in [4.69, 9.17) is 15.3 Å². The van der Waals surface area contributed by atoms with Gasteiger partial charge in [0, 0.05) is 0 Å². The molecule has 0 radical (unpaired) electrons. The third kappa shape index (κ3) is 5.53. The van der Waals surface area contributed by atoms with Crippen LogP contribution in [0.15, 0.2) is 0 Å². The largest absolute Gasteiger partial charge is 1.00 e. The second-order valence-corrected chi connectivity index (χ2v) is 3.74. The Kier molecular flexibility index (Phi) is 8.59. The van der Waals surface area contributed by atoms with Crippen molar-refractivity contribution in [1.29, 1.82) is 0 Å². The summed E-state index contributed by atoms with van der Waals surface area (Å²) >= 11 is 0. The van der Waals surface area contributed by atoms with Gasteiger partial charge < -0.3 is 20.2 Å². The van der Waals surface area contributed by atoms with E-state index in [2.05, 4.69) is 0 Å². The topological polar surface area (TPSA) is 152 Å². The molecule has 10 heteroatoms. The molecule has 16 heavy (non-hydrogen) atoms. The zero-order chi connectivity index (χ0) is 12.2. The molecule has 0 fully saturated rings. The number of carboxylic acids is 3. The van der Waals surface area contributed by atoms with Crippen LogP contribution in [0.1, 0.15) is 6.42 Å². The number of hydrogen-bond acceptors (Lipinski definition) is 5. The summed E-state index contributed by atoms with van der Waals surface area (Å²) in [5.41, 5.74) is -2.23. The Hall–Kier alpha value is -0.530. The van der Waals surface area contributed by atoms with E-state index in [1.54, 1.807) is 0 Å². The summed E-state index contributed by atoms with van der Waals surface area (Å²) in [5, 5.41) is 25.2. The predicted molar refractivity (Wildman–Crippen MR) is 42.4 cm³/mol. The standard InChI is InChI=1S/C6H7O8P.Na/c7-3(8)1-2(5(9)10)4(6(11)12)15(13)14;/h2,4H,1H2,(H,7,8)(H,9,10)(H,11,12);/q;+1. The monoisotopic (exact) mass is 261 g/mol. The van der Waals surface area contributed by atoms with Gasteiger partial charge >= 0.3 is 55.5 Å². The fourth-order valence-corrected chi connectivity index (χ4v) is 1.64. The van der Waals surface area contributed by atoms with E-state index in [9.17, 15) is 23.8 Å². The smallest absolute Gasteiger partial charge is 0.595 e. The molecule has 84 valence electrons. The molecule has 0 aromatic rings. The van der Waals surface area contributed by atoms with Crippen molar-refractivity contribution in [3.63, 3.8) is 0 Å². The van der Waals surface area contributed by atoms with Crippen molar-refractivity contribution in [1.82, 2.24) is 0 Å². The van der Waals surface area contributed by atoms with Crippen molar-refractivity contribution in [2.75, 3.05) is 0 Å². The molecule has 0 aliphatic heterocycles. The SMILES string of the molecule is O=C(O)CC(C(=O)O)C(C(=O)O)[P+](=O)[O-].[Na+]. The Labute approximate surface area is 112 Å². The van der Waals surface area contributed by atoms with Gasteiger partial charge in [-0.05, 0) is 0 Å². The normalized spacial score (nSPS) is 14.2. The third-order valence-corrected chi connectivity index (χ3v) is 2.61. The summed E-state index contributed by atoms with van der Waals surface area (Å²) in [6.07, 6.45) is -1.06. The van der Waals surface area contributed by atoms with Gasteiger partial charge in [-0.15, -0.1) is 0 Å². The van der Waals surface area contributed by atoms with Crippen molar-refractivity contribution in [3.05, 3.63) is 0 Å². The first-order valence-electron chi connectivity index (χ1n) is 3.58. The summed E-state index contributed by atoms with van der Waals surface area (Å²) < 4.78 is 10.5. The van der Waals surface area contributed by atoms with E-state index in [0.717, 1.165) is 0 Å². The van der Waals surface area contributed by atoms with Crippen LogP contribution in [0.4, 0.5) is 0 Å². The molecule has 0 aliphatic rings. The van der Waals surface area contributed by atoms with Crippen LogP contribution in [-0.2, 0) is 18.9 Å². The maximum Gasteiger partial charge on any atom is 1.00 e. The maximum absolute atomic E-state index is 10.5. The molecule has 0 bridgehead atoms. The fraction of sp³-hybridized carbons (Fsp3) is 0.500. The van der Waals surface area contributed by atoms with E-state index < -0.39 is 43.9 Å². The molecule has 3 unspecified atom stereocenters. The summed E-state index contributed by atoms with van der Waals surface area (Å²) in [6.45, 7) is 0. The first-order valence-corrected chi connectivity index (χ1v) is 4.83. The zero-order valence-electron chi connectivity index (χ0n) is 8.19. The van der Waals surface area contributed by atoms with Gasteiger partial charge in [0.15, 0.2) is 0 Å². The van der Waals surface area contributed by atoms with Gasteiger partial charge in [-0.2, -0.15) is 0 Å². The maximum atomic E-state index is 10.5. The summed E-state index contributed by atoms with van der Waals surface area (Å²) in [4.78, 5) is 41.6. The van der Waals surface area contributed by atoms with Crippen molar-refractivity contribution in [2.24, 2.45) is 5.92 Å². The van der Waals surface area contributed by atoms with E-state index in [0.29, 0.717) is 0 Å². The minimum atomic E-state index is -3.55. The van der Waals surface area contributed by atoms with Crippen LogP contribution < -0.4 is 34.5 Å². The average molecular weight is 261 g/mol. The minimum Gasteiger partial charge on any atom is -0.595 e. The van der Waals surface area contributed by atoms with E-state index >= 15 is 0 Å². The summed E-state index contributed by atoms with van der Waals surface area (Å²) in [5.74, 6) is -7.21. The van der Waals surface area contributed by atoms with Crippen molar-refractivity contribution in [3.8, 4) is 0 Å². The second-order valence-electron chi connectivity index (χ2n) is 2.61. The Balaban J connectivity index is 0. The molecular formula is C6H7NaO8P+. The van der Waals surface area contributed by atoms with Crippen LogP contribution in [0.2, 0.25) is 0 Å². The van der Waals surface area contributed by atoms with Crippen LogP contribution in [0.5, 0.6) is 0 Å². The van der Waals surface area contributed by atoms with Crippen LogP contribution in [0.3, 0.4) is 0 Å². The molecule has 3 atom stereocenters. The summed E-state index contributed by atoms with van der Waals surface area (Å²) in [7, 11) is -3.55. The molecule has 8 nitrogen and oxygen atoms in total. The van der Waals surface area contributed by atoms with Crippen molar-refractivity contribution < 1.29 is 68.7 Å².